The molecular formula is C32H39N5O7S. The predicted molar refractivity (Wildman–Crippen MR) is 165 cm³/mol. The number of likely N-dealkylation sites (tertiary alicyclic amines) is 1. The average Bonchev–Trinajstić information content (AvgIpc) is 3.61. The first-order valence-electron chi connectivity index (χ1n) is 15.2. The van der Waals surface area contributed by atoms with Crippen LogP contribution >= 0.6 is 0 Å². The summed E-state index contributed by atoms with van der Waals surface area (Å²) >= 11 is 0. The molecule has 4 heterocycles. The van der Waals surface area contributed by atoms with E-state index in [1.807, 2.05) is 28.8 Å². The third kappa shape index (κ3) is 7.06. The van der Waals surface area contributed by atoms with Crippen LogP contribution in [0.15, 0.2) is 59.8 Å². The lowest BCUT2D eigenvalue weighted by atomic mass is 9.99. The number of benzene rings is 2. The molecule has 2 saturated heterocycles. The minimum Gasteiger partial charge on any atom is -0.493 e. The van der Waals surface area contributed by atoms with Gasteiger partial charge in [0.05, 0.1) is 41.9 Å². The molecule has 3 aliphatic heterocycles. The van der Waals surface area contributed by atoms with Crippen LogP contribution < -0.4 is 15.4 Å². The van der Waals surface area contributed by atoms with Gasteiger partial charge in [0.25, 0.3) is 5.91 Å². The lowest BCUT2D eigenvalue weighted by Crippen LogP contribution is -2.50. The maximum absolute atomic E-state index is 13.7. The number of sulfone groups is 1. The molecule has 3 aromatic rings. The SMILES string of the molecule is Cn1ccnc1CN1C[C@@H]2C[C@H]1C(=O)NC[C@H]1O[C@H](CCOc3cc(-c4ccc(S(C)(=O)=O)cc4)ccc3C(=O)N2)CC[C@@H]1O. The Morgan fingerprint density at radius 1 is 1.07 bits per heavy atom. The molecule has 5 atom stereocenters. The highest BCUT2D eigenvalue weighted by atomic mass is 32.2. The molecular weight excluding hydrogens is 598 g/mol. The third-order valence-electron chi connectivity index (χ3n) is 8.90. The number of ether oxygens (including phenoxy) is 2. The molecule has 6 rings (SSSR count). The number of carbonyl (C=O) groups is 2. The highest BCUT2D eigenvalue weighted by Gasteiger charge is 2.39. The lowest BCUT2D eigenvalue weighted by molar-refractivity contribution is -0.133. The van der Waals surface area contributed by atoms with Crippen LogP contribution in [0.4, 0.5) is 0 Å². The summed E-state index contributed by atoms with van der Waals surface area (Å²) in [7, 11) is -1.43. The fourth-order valence-electron chi connectivity index (χ4n) is 6.32. The summed E-state index contributed by atoms with van der Waals surface area (Å²) in [6, 6.07) is 11.1. The Morgan fingerprint density at radius 3 is 2.58 bits per heavy atom. The first kappa shape index (κ1) is 31.2. The van der Waals surface area contributed by atoms with Crippen LogP contribution in [0.2, 0.25) is 0 Å². The van der Waals surface area contributed by atoms with Crippen LogP contribution in [0.25, 0.3) is 11.1 Å². The van der Waals surface area contributed by atoms with Gasteiger partial charge < -0.3 is 29.8 Å². The molecule has 0 unspecified atom stereocenters. The summed E-state index contributed by atoms with van der Waals surface area (Å²) in [4.78, 5) is 33.9. The van der Waals surface area contributed by atoms with Gasteiger partial charge in [-0.05, 0) is 54.7 Å². The number of aromatic nitrogens is 2. The van der Waals surface area contributed by atoms with E-state index in [9.17, 15) is 23.1 Å². The van der Waals surface area contributed by atoms with Crippen molar-refractivity contribution in [1.82, 2.24) is 25.1 Å². The number of aryl methyl sites for hydroxylation is 1. The van der Waals surface area contributed by atoms with E-state index in [0.717, 1.165) is 17.0 Å². The Morgan fingerprint density at radius 2 is 1.84 bits per heavy atom. The van der Waals surface area contributed by atoms with Crippen LogP contribution in [0.1, 0.15) is 41.9 Å². The molecule has 1 aromatic heterocycles. The zero-order valence-corrected chi connectivity index (χ0v) is 26.2. The number of hydrogen-bond donors (Lipinski definition) is 3. The van der Waals surface area contributed by atoms with Gasteiger partial charge in [0.2, 0.25) is 5.91 Å². The number of nitrogens with one attached hydrogen (secondary N) is 2. The van der Waals surface area contributed by atoms with E-state index in [0.29, 0.717) is 50.1 Å². The first-order valence-corrected chi connectivity index (χ1v) is 17.1. The van der Waals surface area contributed by atoms with Crippen molar-refractivity contribution >= 4 is 21.7 Å². The molecule has 0 spiro atoms. The Hall–Kier alpha value is -3.78. The second-order valence-electron chi connectivity index (χ2n) is 12.1. The highest BCUT2D eigenvalue weighted by molar-refractivity contribution is 7.90. The van der Waals surface area contributed by atoms with Crippen molar-refractivity contribution in [2.24, 2.45) is 7.05 Å². The molecule has 2 amide bonds. The van der Waals surface area contributed by atoms with Crippen molar-refractivity contribution in [1.29, 1.82) is 0 Å². The molecule has 0 aliphatic carbocycles. The zero-order valence-electron chi connectivity index (χ0n) is 25.4. The number of imidazole rings is 1. The Balaban J connectivity index is 1.30. The summed E-state index contributed by atoms with van der Waals surface area (Å²) in [6.07, 6.45) is 5.48. The van der Waals surface area contributed by atoms with Crippen molar-refractivity contribution in [2.45, 2.75) is 67.5 Å². The molecule has 2 aromatic carbocycles. The maximum Gasteiger partial charge on any atom is 0.255 e. The molecule has 3 N–H and O–H groups in total. The van der Waals surface area contributed by atoms with Crippen LogP contribution in [0, 0.1) is 0 Å². The molecule has 4 bridgehead atoms. The van der Waals surface area contributed by atoms with Crippen molar-refractivity contribution < 1.29 is 32.6 Å². The number of hydrogen-bond acceptors (Lipinski definition) is 9. The first-order chi connectivity index (χ1) is 21.5. The number of fused-ring (bicyclic) bond motifs is 5. The zero-order chi connectivity index (χ0) is 31.7. The summed E-state index contributed by atoms with van der Waals surface area (Å²) in [5.41, 5.74) is 1.91. The summed E-state index contributed by atoms with van der Waals surface area (Å²) in [5, 5.41) is 16.7. The minimum absolute atomic E-state index is 0.178. The highest BCUT2D eigenvalue weighted by Crippen LogP contribution is 2.30. The normalized spacial score (nSPS) is 26.4. The fraction of sp³-hybridized carbons (Fsp3) is 0.469. The number of rotatable bonds is 4. The van der Waals surface area contributed by atoms with E-state index < -0.39 is 28.1 Å². The number of nitrogens with zero attached hydrogens (tertiary/aromatic N) is 3. The van der Waals surface area contributed by atoms with Crippen LogP contribution in [0.3, 0.4) is 0 Å². The van der Waals surface area contributed by atoms with E-state index in [2.05, 4.69) is 15.6 Å². The molecule has 0 radical (unpaired) electrons. The van der Waals surface area contributed by atoms with Gasteiger partial charge in [-0.15, -0.1) is 0 Å². The quantitative estimate of drug-likeness (QED) is 0.388. The smallest absolute Gasteiger partial charge is 0.255 e. The molecule has 13 heteroatoms. The molecule has 3 aliphatic rings. The Bertz CT molecular complexity index is 1660. The fourth-order valence-corrected chi connectivity index (χ4v) is 6.95. The lowest BCUT2D eigenvalue weighted by Gasteiger charge is -2.34. The molecule has 12 nitrogen and oxygen atoms in total. The van der Waals surface area contributed by atoms with Crippen LogP contribution in [-0.4, -0.2) is 96.1 Å². The van der Waals surface area contributed by atoms with Gasteiger partial charge >= 0.3 is 0 Å². The van der Waals surface area contributed by atoms with E-state index in [-0.39, 0.29) is 42.0 Å². The molecule has 45 heavy (non-hydrogen) atoms. The van der Waals surface area contributed by atoms with Gasteiger partial charge in [0, 0.05) is 51.2 Å². The van der Waals surface area contributed by atoms with E-state index in [1.165, 1.54) is 6.26 Å². The monoisotopic (exact) mass is 637 g/mol. The van der Waals surface area contributed by atoms with E-state index in [4.69, 9.17) is 9.47 Å². The van der Waals surface area contributed by atoms with E-state index in [1.54, 1.807) is 42.6 Å². The van der Waals surface area contributed by atoms with Gasteiger partial charge in [-0.1, -0.05) is 18.2 Å². The van der Waals surface area contributed by atoms with Gasteiger partial charge in [0.15, 0.2) is 9.84 Å². The summed E-state index contributed by atoms with van der Waals surface area (Å²) < 4.78 is 38.2. The summed E-state index contributed by atoms with van der Waals surface area (Å²) in [5.74, 6) is 0.710. The second kappa shape index (κ2) is 12.9. The molecule has 0 saturated carbocycles. The van der Waals surface area contributed by atoms with Gasteiger partial charge in [-0.25, -0.2) is 13.4 Å². The molecule has 2 fully saturated rings. The van der Waals surface area contributed by atoms with Gasteiger partial charge in [0.1, 0.15) is 17.7 Å². The largest absolute Gasteiger partial charge is 0.493 e. The summed E-state index contributed by atoms with van der Waals surface area (Å²) in [6.45, 7) is 1.34. The van der Waals surface area contributed by atoms with Crippen LogP contribution in [0.5, 0.6) is 5.75 Å². The predicted octanol–water partition coefficient (Wildman–Crippen LogP) is 1.67. The van der Waals surface area contributed by atoms with Crippen molar-refractivity contribution in [3.05, 3.63) is 66.2 Å². The Labute approximate surface area is 262 Å². The Kier molecular flexibility index (Phi) is 8.96. The van der Waals surface area contributed by atoms with Crippen LogP contribution in [-0.2, 0) is 33.0 Å². The third-order valence-corrected chi connectivity index (χ3v) is 10.0. The minimum atomic E-state index is -3.33. The number of amides is 2. The maximum atomic E-state index is 13.7. The van der Waals surface area contributed by atoms with Gasteiger partial charge in [-0.3, -0.25) is 14.5 Å². The van der Waals surface area contributed by atoms with Crippen molar-refractivity contribution in [3.63, 3.8) is 0 Å². The van der Waals surface area contributed by atoms with Crippen molar-refractivity contribution in [2.75, 3.05) is 26.0 Å². The topological polar surface area (TPSA) is 152 Å². The second-order valence-corrected chi connectivity index (χ2v) is 14.2. The number of aliphatic hydroxyl groups is 1. The average molecular weight is 638 g/mol. The molecule has 240 valence electrons. The standard InChI is InChI=1S/C32H39N5O7S/c1-36-13-12-33-30(36)19-37-18-22-16-26(37)32(40)34-17-29-27(38)10-6-23(44-29)11-14-43-28-15-21(5-9-25(28)31(39)35-22)20-3-7-24(8-4-20)45(2,41)42/h3-5,7-9,12-13,15,22-23,26-27,29,38H,6,10-11,14,16-19H2,1-2H3,(H,34,40)(H,35,39)/t22-,23-,26-,27-,29+/m0/s1. The number of aliphatic hydroxyl groups excluding tert-OH is 1. The van der Waals surface area contributed by atoms with E-state index >= 15 is 0 Å². The van der Waals surface area contributed by atoms with Crippen molar-refractivity contribution in [3.8, 4) is 16.9 Å². The number of carbonyl (C=O) groups excluding carboxylic acids is 2. The van der Waals surface area contributed by atoms with Gasteiger partial charge in [-0.2, -0.15) is 0 Å².